The summed E-state index contributed by atoms with van der Waals surface area (Å²) in [6, 6.07) is 8.08. The number of rotatable bonds is 6. The molecule has 2 aliphatic rings. The summed E-state index contributed by atoms with van der Waals surface area (Å²) in [6.45, 7) is 2.65. The summed E-state index contributed by atoms with van der Waals surface area (Å²) in [6.07, 6.45) is 2.92. The van der Waals surface area contributed by atoms with Gasteiger partial charge in [-0.3, -0.25) is 9.69 Å². The van der Waals surface area contributed by atoms with Crippen LogP contribution in [-0.2, 0) is 11.3 Å². The maximum absolute atomic E-state index is 12.1. The summed E-state index contributed by atoms with van der Waals surface area (Å²) >= 11 is 0. The lowest BCUT2D eigenvalue weighted by Gasteiger charge is -2.38. The summed E-state index contributed by atoms with van der Waals surface area (Å²) in [5.41, 5.74) is 1.16. The number of aliphatic hydroxyl groups is 1. The largest absolute Gasteiger partial charge is 0.496 e. The Bertz CT molecular complexity index is 545. The van der Waals surface area contributed by atoms with Crippen molar-refractivity contribution in [1.29, 1.82) is 0 Å². The van der Waals surface area contributed by atoms with Crippen LogP contribution in [0, 0.1) is 11.8 Å². The fourth-order valence-electron chi connectivity index (χ4n) is 3.31. The van der Waals surface area contributed by atoms with Gasteiger partial charge in [0, 0.05) is 43.1 Å². The van der Waals surface area contributed by atoms with Crippen LogP contribution >= 0.6 is 0 Å². The molecule has 3 rings (SSSR count). The molecule has 2 unspecified atom stereocenters. The summed E-state index contributed by atoms with van der Waals surface area (Å²) in [5.74, 6) is 1.42. The predicted octanol–water partition coefficient (Wildman–Crippen LogP) is 1.40. The van der Waals surface area contributed by atoms with E-state index in [-0.39, 0.29) is 30.4 Å². The first kappa shape index (κ1) is 16.3. The number of hydrogen-bond acceptors (Lipinski definition) is 4. The molecule has 5 nitrogen and oxygen atoms in total. The Morgan fingerprint density at radius 1 is 1.35 bits per heavy atom. The number of benzene rings is 1. The molecular formula is C18H26N2O3. The van der Waals surface area contributed by atoms with Crippen LogP contribution < -0.4 is 10.1 Å². The number of nitrogens with zero attached hydrogens (tertiary/aromatic N) is 1. The second-order valence-electron chi connectivity index (χ2n) is 6.67. The molecule has 1 aliphatic heterocycles. The molecule has 2 N–H and O–H groups in total. The first-order valence-electron chi connectivity index (χ1n) is 8.46. The summed E-state index contributed by atoms with van der Waals surface area (Å²) in [7, 11) is 1.69. The Balaban J connectivity index is 1.63. The summed E-state index contributed by atoms with van der Waals surface area (Å²) in [4.78, 5) is 14.4. The fourth-order valence-corrected chi connectivity index (χ4v) is 3.31. The molecule has 5 heteroatoms. The third-order valence-electron chi connectivity index (χ3n) is 4.94. The van der Waals surface area contributed by atoms with Crippen LogP contribution in [0.2, 0.25) is 0 Å². The highest BCUT2D eigenvalue weighted by molar-refractivity contribution is 5.81. The van der Waals surface area contributed by atoms with E-state index in [0.29, 0.717) is 0 Å². The van der Waals surface area contributed by atoms with E-state index >= 15 is 0 Å². The van der Waals surface area contributed by atoms with Crippen molar-refractivity contribution in [2.24, 2.45) is 11.8 Å². The van der Waals surface area contributed by atoms with Gasteiger partial charge >= 0.3 is 0 Å². The van der Waals surface area contributed by atoms with Crippen molar-refractivity contribution in [1.82, 2.24) is 10.2 Å². The highest BCUT2D eigenvalue weighted by atomic mass is 16.5. The number of piperidine rings is 1. The Hall–Kier alpha value is -1.59. The number of amides is 1. The van der Waals surface area contributed by atoms with E-state index in [1.165, 1.54) is 0 Å². The second-order valence-corrected chi connectivity index (χ2v) is 6.67. The van der Waals surface area contributed by atoms with E-state index in [4.69, 9.17) is 4.74 Å². The second kappa shape index (κ2) is 7.32. The molecule has 1 amide bonds. The maximum atomic E-state index is 12.1. The third-order valence-corrected chi connectivity index (χ3v) is 4.94. The van der Waals surface area contributed by atoms with Crippen LogP contribution in [0.3, 0.4) is 0 Å². The minimum Gasteiger partial charge on any atom is -0.496 e. The Morgan fingerprint density at radius 3 is 2.83 bits per heavy atom. The molecule has 1 saturated heterocycles. The van der Waals surface area contributed by atoms with Gasteiger partial charge in [0.15, 0.2) is 0 Å². The summed E-state index contributed by atoms with van der Waals surface area (Å²) in [5, 5.41) is 12.8. The molecule has 2 fully saturated rings. The molecule has 1 aliphatic carbocycles. The van der Waals surface area contributed by atoms with Crippen LogP contribution in [0.15, 0.2) is 24.3 Å². The number of carbonyl (C=O) groups is 1. The van der Waals surface area contributed by atoms with E-state index in [9.17, 15) is 9.90 Å². The smallest absolute Gasteiger partial charge is 0.223 e. The molecule has 1 aromatic rings. The van der Waals surface area contributed by atoms with Crippen LogP contribution in [0.4, 0.5) is 0 Å². The van der Waals surface area contributed by atoms with Gasteiger partial charge in [-0.05, 0) is 31.9 Å². The number of carbonyl (C=O) groups excluding carboxylic acids is 1. The van der Waals surface area contributed by atoms with Gasteiger partial charge in [0.05, 0.1) is 7.11 Å². The Labute approximate surface area is 137 Å². The van der Waals surface area contributed by atoms with Crippen molar-refractivity contribution >= 4 is 5.91 Å². The van der Waals surface area contributed by atoms with Crippen LogP contribution in [0.5, 0.6) is 5.75 Å². The van der Waals surface area contributed by atoms with Crippen molar-refractivity contribution in [2.75, 3.05) is 26.8 Å². The van der Waals surface area contributed by atoms with E-state index in [1.807, 2.05) is 18.2 Å². The van der Waals surface area contributed by atoms with Gasteiger partial charge in [-0.25, -0.2) is 0 Å². The molecule has 1 saturated carbocycles. The normalized spacial score (nSPS) is 25.1. The number of methoxy groups -OCH3 is 1. The van der Waals surface area contributed by atoms with Gasteiger partial charge < -0.3 is 15.2 Å². The lowest BCUT2D eigenvalue weighted by molar-refractivity contribution is -0.124. The predicted molar refractivity (Wildman–Crippen MR) is 88.1 cm³/mol. The zero-order chi connectivity index (χ0) is 16.2. The molecule has 0 spiro atoms. The van der Waals surface area contributed by atoms with Gasteiger partial charge in [-0.2, -0.15) is 0 Å². The SMILES string of the molecule is COc1ccccc1CN1CCC(CO)C(NC(=O)C2CC2)C1. The number of para-hydroxylation sites is 1. The first-order valence-corrected chi connectivity index (χ1v) is 8.46. The van der Waals surface area contributed by atoms with Gasteiger partial charge in [0.1, 0.15) is 5.75 Å². The van der Waals surface area contributed by atoms with Crippen molar-refractivity contribution in [3.05, 3.63) is 29.8 Å². The standard InChI is InChI=1S/C18H26N2O3/c1-23-17-5-3-2-4-14(17)10-20-9-8-15(12-21)16(11-20)19-18(22)13-6-7-13/h2-5,13,15-16,21H,6-12H2,1H3,(H,19,22). The van der Waals surface area contributed by atoms with Crippen molar-refractivity contribution in [3.63, 3.8) is 0 Å². The molecule has 0 bridgehead atoms. The van der Waals surface area contributed by atoms with Crippen molar-refractivity contribution in [2.45, 2.75) is 31.8 Å². The van der Waals surface area contributed by atoms with E-state index < -0.39 is 0 Å². The molecule has 1 aromatic carbocycles. The molecule has 1 heterocycles. The lowest BCUT2D eigenvalue weighted by Crippen LogP contribution is -2.53. The number of hydrogen-bond donors (Lipinski definition) is 2. The topological polar surface area (TPSA) is 61.8 Å². The maximum Gasteiger partial charge on any atom is 0.223 e. The minimum absolute atomic E-state index is 0.0385. The Morgan fingerprint density at radius 2 is 2.13 bits per heavy atom. The molecule has 2 atom stereocenters. The highest BCUT2D eigenvalue weighted by Crippen LogP contribution is 2.30. The van der Waals surface area contributed by atoms with Crippen molar-refractivity contribution in [3.8, 4) is 5.75 Å². The van der Waals surface area contributed by atoms with E-state index in [1.54, 1.807) is 7.11 Å². The van der Waals surface area contributed by atoms with Gasteiger partial charge in [-0.15, -0.1) is 0 Å². The molecule has 126 valence electrons. The summed E-state index contributed by atoms with van der Waals surface area (Å²) < 4.78 is 5.42. The average molecular weight is 318 g/mol. The monoisotopic (exact) mass is 318 g/mol. The minimum atomic E-state index is 0.0385. The number of nitrogens with one attached hydrogen (secondary N) is 1. The Kier molecular flexibility index (Phi) is 5.18. The quantitative estimate of drug-likeness (QED) is 0.832. The van der Waals surface area contributed by atoms with Crippen molar-refractivity contribution < 1.29 is 14.6 Å². The molecule has 0 radical (unpaired) electrons. The fraction of sp³-hybridized carbons (Fsp3) is 0.611. The van der Waals surface area contributed by atoms with Gasteiger partial charge in [0.25, 0.3) is 0 Å². The van der Waals surface area contributed by atoms with Crippen LogP contribution in [0.1, 0.15) is 24.8 Å². The zero-order valence-corrected chi connectivity index (χ0v) is 13.7. The molecular weight excluding hydrogens is 292 g/mol. The lowest BCUT2D eigenvalue weighted by atomic mass is 9.91. The van der Waals surface area contributed by atoms with E-state index in [2.05, 4.69) is 16.3 Å². The molecule has 23 heavy (non-hydrogen) atoms. The highest BCUT2D eigenvalue weighted by Gasteiger charge is 2.35. The van der Waals surface area contributed by atoms with Crippen LogP contribution in [0.25, 0.3) is 0 Å². The average Bonchev–Trinajstić information content (AvgIpc) is 3.41. The van der Waals surface area contributed by atoms with Gasteiger partial charge in [-0.1, -0.05) is 18.2 Å². The first-order chi connectivity index (χ1) is 11.2. The van der Waals surface area contributed by atoms with Gasteiger partial charge in [0.2, 0.25) is 5.91 Å². The number of ether oxygens (including phenoxy) is 1. The van der Waals surface area contributed by atoms with E-state index in [0.717, 1.165) is 50.2 Å². The number of aliphatic hydroxyl groups excluding tert-OH is 1. The third kappa shape index (κ3) is 4.03. The number of likely N-dealkylation sites (tertiary alicyclic amines) is 1. The zero-order valence-electron chi connectivity index (χ0n) is 13.7. The van der Waals surface area contributed by atoms with Crippen LogP contribution in [-0.4, -0.2) is 48.8 Å². The molecule has 0 aromatic heterocycles.